The summed E-state index contributed by atoms with van der Waals surface area (Å²) < 4.78 is 60.3. The van der Waals surface area contributed by atoms with E-state index in [0.29, 0.717) is 41.7 Å². The lowest BCUT2D eigenvalue weighted by molar-refractivity contribution is -0.0582. The van der Waals surface area contributed by atoms with Gasteiger partial charge in [-0.25, -0.2) is 17.2 Å². The average molecular weight is 417 g/mol. The van der Waals surface area contributed by atoms with Gasteiger partial charge in [-0.2, -0.15) is 0 Å². The molecule has 1 fully saturated rings. The highest BCUT2D eigenvalue weighted by atomic mass is 35.5. The van der Waals surface area contributed by atoms with E-state index in [4.69, 9.17) is 16.3 Å². The zero-order valence-corrected chi connectivity index (χ0v) is 16.0. The van der Waals surface area contributed by atoms with E-state index < -0.39 is 15.9 Å². The summed E-state index contributed by atoms with van der Waals surface area (Å²) in [4.78, 5) is 0. The van der Waals surface area contributed by atoms with Gasteiger partial charge in [0.05, 0.1) is 11.9 Å². The summed E-state index contributed by atoms with van der Waals surface area (Å²) >= 11 is 6.23. The molecule has 1 aliphatic heterocycles. The molecule has 2 aliphatic rings. The molecule has 0 radical (unpaired) electrons. The van der Waals surface area contributed by atoms with Crippen molar-refractivity contribution in [3.63, 3.8) is 0 Å². The molecular weight excluding hydrogens is 398 g/mol. The van der Waals surface area contributed by atoms with E-state index in [0.717, 1.165) is 5.56 Å². The van der Waals surface area contributed by atoms with Crippen LogP contribution in [0.15, 0.2) is 30.3 Å². The van der Waals surface area contributed by atoms with Gasteiger partial charge in [-0.05, 0) is 36.6 Å². The Kier molecular flexibility index (Phi) is 4.58. The number of hydrogen-bond acceptors (Lipinski definition) is 3. The summed E-state index contributed by atoms with van der Waals surface area (Å²) in [6, 6.07) is 8.86. The average Bonchev–Trinajstić information content (AvgIpc) is 2.92. The molecule has 5 nitrogen and oxygen atoms in total. The Hall–Kier alpha value is -1.80. The first kappa shape index (κ1) is 18.6. The van der Waals surface area contributed by atoms with Gasteiger partial charge in [-0.1, -0.05) is 23.7 Å². The van der Waals surface area contributed by atoms with Crippen LogP contribution >= 0.6 is 11.6 Å². The SMILES string of the molecule is O=S1(=O)CCn2c(Cl)cc(-c3ccc(OC4CCC(F)(F)CC4)cc3)c2N1. The molecule has 1 aromatic heterocycles. The second-order valence-electron chi connectivity index (χ2n) is 7.00. The zero-order valence-electron chi connectivity index (χ0n) is 14.4. The van der Waals surface area contributed by atoms with Crippen molar-refractivity contribution in [2.75, 3.05) is 10.5 Å². The summed E-state index contributed by atoms with van der Waals surface area (Å²) in [5.41, 5.74) is 1.48. The second-order valence-corrected chi connectivity index (χ2v) is 9.23. The highest BCUT2D eigenvalue weighted by Crippen LogP contribution is 2.38. The molecular formula is C18H19ClF2N2O3S. The van der Waals surface area contributed by atoms with E-state index in [1.54, 1.807) is 22.8 Å². The van der Waals surface area contributed by atoms with Crippen LogP contribution in [-0.2, 0) is 16.6 Å². The minimum Gasteiger partial charge on any atom is -0.490 e. The Morgan fingerprint density at radius 2 is 1.85 bits per heavy atom. The van der Waals surface area contributed by atoms with E-state index in [-0.39, 0.29) is 24.7 Å². The van der Waals surface area contributed by atoms with Crippen LogP contribution in [-0.4, -0.2) is 30.8 Å². The predicted molar refractivity (Wildman–Crippen MR) is 100 cm³/mol. The number of fused-ring (bicyclic) bond motifs is 1. The minimum atomic E-state index is -3.37. The molecule has 2 aromatic rings. The van der Waals surface area contributed by atoms with Crippen LogP contribution in [0.25, 0.3) is 11.1 Å². The van der Waals surface area contributed by atoms with Crippen molar-refractivity contribution in [3.05, 3.63) is 35.5 Å². The molecule has 1 aromatic carbocycles. The molecule has 0 saturated heterocycles. The largest absolute Gasteiger partial charge is 0.490 e. The lowest BCUT2D eigenvalue weighted by atomic mass is 9.94. The normalized spacial score (nSPS) is 21.3. The molecule has 9 heteroatoms. The maximum atomic E-state index is 13.2. The molecule has 0 amide bonds. The number of anilines is 1. The lowest BCUT2D eigenvalue weighted by Crippen LogP contribution is -2.30. The summed E-state index contributed by atoms with van der Waals surface area (Å²) in [5, 5.41) is 0.464. The van der Waals surface area contributed by atoms with Gasteiger partial charge in [0, 0.05) is 24.9 Å². The zero-order chi connectivity index (χ0) is 19.2. The topological polar surface area (TPSA) is 60.3 Å². The summed E-state index contributed by atoms with van der Waals surface area (Å²) in [5.74, 6) is -1.53. The number of benzene rings is 1. The molecule has 146 valence electrons. The summed E-state index contributed by atoms with van der Waals surface area (Å²) in [6.07, 6.45) is 0.161. The van der Waals surface area contributed by atoms with Crippen LogP contribution in [0.5, 0.6) is 5.75 Å². The highest BCUT2D eigenvalue weighted by Gasteiger charge is 2.35. The molecule has 4 rings (SSSR count). The fourth-order valence-electron chi connectivity index (χ4n) is 3.51. The molecule has 2 heterocycles. The van der Waals surface area contributed by atoms with Crippen molar-refractivity contribution in [1.29, 1.82) is 0 Å². The van der Waals surface area contributed by atoms with Crippen molar-refractivity contribution < 1.29 is 21.9 Å². The van der Waals surface area contributed by atoms with Crippen molar-refractivity contribution in [2.24, 2.45) is 0 Å². The van der Waals surface area contributed by atoms with Gasteiger partial charge < -0.3 is 9.30 Å². The third-order valence-corrected chi connectivity index (χ3v) is 6.55. The number of sulfonamides is 1. The molecule has 1 N–H and O–H groups in total. The third kappa shape index (κ3) is 3.91. The fraction of sp³-hybridized carbons (Fsp3) is 0.444. The molecule has 0 bridgehead atoms. The van der Waals surface area contributed by atoms with Crippen LogP contribution in [0, 0.1) is 0 Å². The Morgan fingerprint density at radius 3 is 2.52 bits per heavy atom. The molecule has 1 aliphatic carbocycles. The third-order valence-electron chi connectivity index (χ3n) is 5.01. The first-order valence-electron chi connectivity index (χ1n) is 8.77. The summed E-state index contributed by atoms with van der Waals surface area (Å²) in [7, 11) is -3.37. The number of rotatable bonds is 3. The maximum Gasteiger partial charge on any atom is 0.248 e. The van der Waals surface area contributed by atoms with Gasteiger partial charge in [0.1, 0.15) is 16.7 Å². The molecule has 1 saturated carbocycles. The van der Waals surface area contributed by atoms with Crippen LogP contribution in [0.4, 0.5) is 14.6 Å². The number of nitrogens with one attached hydrogen (secondary N) is 1. The van der Waals surface area contributed by atoms with E-state index in [1.807, 2.05) is 12.1 Å². The Morgan fingerprint density at radius 1 is 1.19 bits per heavy atom. The Bertz CT molecular complexity index is 948. The van der Waals surface area contributed by atoms with Gasteiger partial charge in [0.15, 0.2) is 0 Å². The monoisotopic (exact) mass is 416 g/mol. The van der Waals surface area contributed by atoms with E-state index >= 15 is 0 Å². The van der Waals surface area contributed by atoms with Gasteiger partial charge in [0.25, 0.3) is 0 Å². The number of hydrogen-bond donors (Lipinski definition) is 1. The second kappa shape index (κ2) is 6.67. The van der Waals surface area contributed by atoms with Gasteiger partial charge in [-0.15, -0.1) is 0 Å². The van der Waals surface area contributed by atoms with Crippen LogP contribution in [0.1, 0.15) is 25.7 Å². The fourth-order valence-corrected chi connectivity index (χ4v) is 4.83. The molecule has 0 spiro atoms. The van der Waals surface area contributed by atoms with Gasteiger partial charge in [-0.3, -0.25) is 4.72 Å². The highest BCUT2D eigenvalue weighted by molar-refractivity contribution is 7.92. The first-order valence-corrected chi connectivity index (χ1v) is 10.8. The minimum absolute atomic E-state index is 0.0128. The van der Waals surface area contributed by atoms with E-state index in [1.165, 1.54) is 0 Å². The van der Waals surface area contributed by atoms with E-state index in [2.05, 4.69) is 4.72 Å². The maximum absolute atomic E-state index is 13.2. The van der Waals surface area contributed by atoms with Crippen LogP contribution in [0.2, 0.25) is 5.15 Å². The van der Waals surface area contributed by atoms with Crippen molar-refractivity contribution in [2.45, 2.75) is 44.3 Å². The van der Waals surface area contributed by atoms with Gasteiger partial charge in [0.2, 0.25) is 15.9 Å². The van der Waals surface area contributed by atoms with Gasteiger partial charge >= 0.3 is 0 Å². The number of halogens is 3. The predicted octanol–water partition coefficient (Wildman–Crippen LogP) is 4.52. The smallest absolute Gasteiger partial charge is 0.248 e. The molecule has 0 unspecified atom stereocenters. The summed E-state index contributed by atoms with van der Waals surface area (Å²) in [6.45, 7) is 0.303. The molecule has 0 atom stereocenters. The standard InChI is InChI=1S/C18H19ClF2N2O3S/c19-16-11-15(17-22-27(24,25)10-9-23(16)17)12-1-3-13(4-2-12)26-14-5-7-18(20,21)8-6-14/h1-4,11,14,22H,5-10H2. The first-order chi connectivity index (χ1) is 12.7. The molecule has 27 heavy (non-hydrogen) atoms. The van der Waals surface area contributed by atoms with Crippen molar-refractivity contribution in [3.8, 4) is 16.9 Å². The van der Waals surface area contributed by atoms with Crippen LogP contribution in [0.3, 0.4) is 0 Å². The lowest BCUT2D eigenvalue weighted by Gasteiger charge is -2.28. The quantitative estimate of drug-likeness (QED) is 0.800. The van der Waals surface area contributed by atoms with E-state index in [9.17, 15) is 17.2 Å². The Labute approximate surface area is 161 Å². The number of alkyl halides is 2. The number of nitrogens with zero attached hydrogens (tertiary/aromatic N) is 1. The number of aromatic nitrogens is 1. The number of ether oxygens (including phenoxy) is 1. The van der Waals surface area contributed by atoms with Crippen molar-refractivity contribution >= 4 is 27.4 Å². The van der Waals surface area contributed by atoms with Crippen LogP contribution < -0.4 is 9.46 Å². The van der Waals surface area contributed by atoms with Crippen molar-refractivity contribution in [1.82, 2.24) is 4.57 Å². The Balaban J connectivity index is 1.52.